The lowest BCUT2D eigenvalue weighted by molar-refractivity contribution is -0.145. The second kappa shape index (κ2) is 8.24. The molecule has 1 N–H and O–H groups in total. The van der Waals surface area contributed by atoms with Crippen LogP contribution in [0.4, 0.5) is 0 Å². The molecule has 0 unspecified atom stereocenters. The summed E-state index contributed by atoms with van der Waals surface area (Å²) in [4.78, 5) is 39.3. The lowest BCUT2D eigenvalue weighted by Crippen LogP contribution is -2.45. The molecule has 1 aromatic carbocycles. The lowest BCUT2D eigenvalue weighted by atomic mass is 9.97. The quantitative estimate of drug-likeness (QED) is 0.844. The summed E-state index contributed by atoms with van der Waals surface area (Å²) in [5, 5.41) is 13.4. The number of rotatable bonds is 5. The lowest BCUT2D eigenvalue weighted by Gasteiger charge is -2.31. The van der Waals surface area contributed by atoms with Crippen LogP contribution in [-0.2, 0) is 9.59 Å². The summed E-state index contributed by atoms with van der Waals surface area (Å²) in [6.45, 7) is 2.52. The standard InChI is InChI=1S/C20H24N4O4/c1-14-17(12-24(21-14)16-6-4-3-5-7-16)19(26)22(2)13-18(25)23-10-8-15(9-11-23)20(27)28/h3-7,12,15H,8-11,13H2,1-2H3,(H,27,28). The average molecular weight is 384 g/mol. The van der Waals surface area contributed by atoms with Crippen molar-refractivity contribution in [3.63, 3.8) is 0 Å². The van der Waals surface area contributed by atoms with Gasteiger partial charge in [-0.15, -0.1) is 0 Å². The number of carboxylic acids is 1. The number of aliphatic carboxylic acids is 1. The van der Waals surface area contributed by atoms with Crippen molar-refractivity contribution >= 4 is 17.8 Å². The van der Waals surface area contributed by atoms with Gasteiger partial charge in [-0.1, -0.05) is 18.2 Å². The maximum atomic E-state index is 12.8. The number of likely N-dealkylation sites (tertiary alicyclic amines) is 1. The number of para-hydroxylation sites is 1. The Morgan fingerprint density at radius 1 is 1.18 bits per heavy atom. The number of nitrogens with zero attached hydrogens (tertiary/aromatic N) is 4. The summed E-state index contributed by atoms with van der Waals surface area (Å²) in [6.07, 6.45) is 2.57. The van der Waals surface area contributed by atoms with E-state index in [1.165, 1.54) is 4.90 Å². The number of carbonyl (C=O) groups excluding carboxylic acids is 2. The Morgan fingerprint density at radius 3 is 2.43 bits per heavy atom. The summed E-state index contributed by atoms with van der Waals surface area (Å²) >= 11 is 0. The molecule has 0 saturated carbocycles. The first-order valence-electron chi connectivity index (χ1n) is 9.24. The van der Waals surface area contributed by atoms with Crippen molar-refractivity contribution in [1.29, 1.82) is 0 Å². The van der Waals surface area contributed by atoms with Gasteiger partial charge in [-0.05, 0) is 31.9 Å². The Balaban J connectivity index is 1.63. The van der Waals surface area contributed by atoms with E-state index >= 15 is 0 Å². The fourth-order valence-electron chi connectivity index (χ4n) is 3.34. The number of piperidine rings is 1. The number of hydrogen-bond donors (Lipinski definition) is 1. The van der Waals surface area contributed by atoms with Crippen molar-refractivity contribution in [3.8, 4) is 5.69 Å². The van der Waals surface area contributed by atoms with Gasteiger partial charge in [0.25, 0.3) is 5.91 Å². The van der Waals surface area contributed by atoms with Gasteiger partial charge in [0.2, 0.25) is 5.91 Å². The number of carbonyl (C=O) groups is 3. The van der Waals surface area contributed by atoms with Crippen molar-refractivity contribution < 1.29 is 19.5 Å². The summed E-state index contributed by atoms with van der Waals surface area (Å²) in [7, 11) is 1.59. The molecule has 1 saturated heterocycles. The smallest absolute Gasteiger partial charge is 0.306 e. The second-order valence-electron chi connectivity index (χ2n) is 7.06. The molecule has 2 aromatic rings. The van der Waals surface area contributed by atoms with E-state index in [9.17, 15) is 14.4 Å². The first kappa shape index (κ1) is 19.6. The summed E-state index contributed by atoms with van der Waals surface area (Å²) in [6, 6.07) is 9.49. The van der Waals surface area contributed by atoms with Crippen molar-refractivity contribution in [1.82, 2.24) is 19.6 Å². The summed E-state index contributed by atoms with van der Waals surface area (Å²) < 4.78 is 1.65. The summed E-state index contributed by atoms with van der Waals surface area (Å²) in [5.74, 6) is -1.65. The average Bonchev–Trinajstić information content (AvgIpc) is 3.09. The molecule has 1 aliphatic heterocycles. The van der Waals surface area contributed by atoms with E-state index in [0.29, 0.717) is 37.2 Å². The van der Waals surface area contributed by atoms with Crippen LogP contribution >= 0.6 is 0 Å². The molecule has 28 heavy (non-hydrogen) atoms. The monoisotopic (exact) mass is 384 g/mol. The summed E-state index contributed by atoms with van der Waals surface area (Å²) in [5.41, 5.74) is 1.89. The third kappa shape index (κ3) is 4.21. The van der Waals surface area contributed by atoms with Crippen LogP contribution in [0.3, 0.4) is 0 Å². The second-order valence-corrected chi connectivity index (χ2v) is 7.06. The highest BCUT2D eigenvalue weighted by Gasteiger charge is 2.28. The van der Waals surface area contributed by atoms with Gasteiger partial charge in [-0.3, -0.25) is 14.4 Å². The van der Waals surface area contributed by atoms with Gasteiger partial charge in [0, 0.05) is 26.3 Å². The van der Waals surface area contributed by atoms with Gasteiger partial charge in [0.05, 0.1) is 29.4 Å². The number of aromatic nitrogens is 2. The third-order valence-corrected chi connectivity index (χ3v) is 5.07. The van der Waals surface area contributed by atoms with Crippen LogP contribution in [0.1, 0.15) is 28.9 Å². The molecular formula is C20H24N4O4. The highest BCUT2D eigenvalue weighted by atomic mass is 16.4. The minimum absolute atomic E-state index is 0.0491. The molecule has 0 atom stereocenters. The van der Waals surface area contributed by atoms with Gasteiger partial charge >= 0.3 is 5.97 Å². The molecule has 1 aromatic heterocycles. The Hall–Kier alpha value is -3.16. The Labute approximate surface area is 163 Å². The molecule has 0 aliphatic carbocycles. The molecule has 0 bridgehead atoms. The van der Waals surface area contributed by atoms with Crippen LogP contribution in [-0.4, -0.2) is 69.2 Å². The molecule has 1 fully saturated rings. The predicted octanol–water partition coefficient (Wildman–Crippen LogP) is 1.58. The van der Waals surface area contributed by atoms with Crippen LogP contribution in [0.25, 0.3) is 5.69 Å². The number of benzene rings is 1. The van der Waals surface area contributed by atoms with Crippen molar-refractivity contribution in [2.24, 2.45) is 5.92 Å². The van der Waals surface area contributed by atoms with Crippen molar-refractivity contribution in [2.45, 2.75) is 19.8 Å². The molecule has 8 heteroatoms. The van der Waals surface area contributed by atoms with Gasteiger partial charge in [-0.25, -0.2) is 4.68 Å². The van der Waals surface area contributed by atoms with Crippen molar-refractivity contribution in [2.75, 3.05) is 26.7 Å². The SMILES string of the molecule is Cc1nn(-c2ccccc2)cc1C(=O)N(C)CC(=O)N1CCC(C(=O)O)CC1. The molecule has 2 amide bonds. The molecule has 2 heterocycles. The molecule has 1 aliphatic rings. The van der Waals surface area contributed by atoms with E-state index in [2.05, 4.69) is 5.10 Å². The number of aryl methyl sites for hydroxylation is 1. The van der Waals surface area contributed by atoms with Crippen LogP contribution < -0.4 is 0 Å². The minimum atomic E-state index is -0.815. The van der Waals surface area contributed by atoms with E-state index in [1.807, 2.05) is 30.3 Å². The number of carboxylic acid groups (broad SMARTS) is 1. The van der Waals surface area contributed by atoms with Gasteiger partial charge in [0.15, 0.2) is 0 Å². The maximum Gasteiger partial charge on any atom is 0.306 e. The Morgan fingerprint density at radius 2 is 1.82 bits per heavy atom. The number of amides is 2. The number of hydrogen-bond acceptors (Lipinski definition) is 4. The van der Waals surface area contributed by atoms with Crippen molar-refractivity contribution in [3.05, 3.63) is 47.8 Å². The zero-order valence-electron chi connectivity index (χ0n) is 16.0. The normalized spacial score (nSPS) is 14.7. The van der Waals surface area contributed by atoms with E-state index < -0.39 is 11.9 Å². The van der Waals surface area contributed by atoms with E-state index in [-0.39, 0.29) is 18.4 Å². The first-order chi connectivity index (χ1) is 13.4. The topological polar surface area (TPSA) is 95.7 Å². The van der Waals surface area contributed by atoms with Gasteiger partial charge in [0.1, 0.15) is 0 Å². The van der Waals surface area contributed by atoms with E-state index in [4.69, 9.17) is 5.11 Å². The fourth-order valence-corrected chi connectivity index (χ4v) is 3.34. The first-order valence-corrected chi connectivity index (χ1v) is 9.24. The van der Waals surface area contributed by atoms with Crippen LogP contribution in [0.5, 0.6) is 0 Å². The van der Waals surface area contributed by atoms with E-state index in [1.54, 1.807) is 29.7 Å². The molecule has 0 radical (unpaired) electrons. The predicted molar refractivity (Wildman–Crippen MR) is 102 cm³/mol. The van der Waals surface area contributed by atoms with Crippen LogP contribution in [0, 0.1) is 12.8 Å². The van der Waals surface area contributed by atoms with Crippen LogP contribution in [0.2, 0.25) is 0 Å². The van der Waals surface area contributed by atoms with Gasteiger partial charge < -0.3 is 14.9 Å². The minimum Gasteiger partial charge on any atom is -0.481 e. The fraction of sp³-hybridized carbons (Fsp3) is 0.400. The Kier molecular flexibility index (Phi) is 5.77. The number of likely N-dealkylation sites (N-methyl/N-ethyl adjacent to an activating group) is 1. The van der Waals surface area contributed by atoms with Crippen LogP contribution in [0.15, 0.2) is 36.5 Å². The van der Waals surface area contributed by atoms with Gasteiger partial charge in [-0.2, -0.15) is 5.10 Å². The highest BCUT2D eigenvalue weighted by molar-refractivity contribution is 5.97. The molecule has 148 valence electrons. The molecule has 0 spiro atoms. The largest absolute Gasteiger partial charge is 0.481 e. The molecule has 8 nitrogen and oxygen atoms in total. The third-order valence-electron chi connectivity index (χ3n) is 5.07. The molecular weight excluding hydrogens is 360 g/mol. The zero-order valence-corrected chi connectivity index (χ0v) is 16.0. The van der Waals surface area contributed by atoms with E-state index in [0.717, 1.165) is 5.69 Å². The Bertz CT molecular complexity index is 870. The molecule has 3 rings (SSSR count). The maximum absolute atomic E-state index is 12.8. The highest BCUT2D eigenvalue weighted by Crippen LogP contribution is 2.18. The zero-order chi connectivity index (χ0) is 20.3.